The Labute approximate surface area is 162 Å². The largest absolute Gasteiger partial charge is 0.367 e. The zero-order valence-electron chi connectivity index (χ0n) is 16.5. The molecule has 4 heteroatoms. The molecular weight excluding hydrogens is 332 g/mol. The molecule has 4 nitrogen and oxygen atoms in total. The number of aliphatic imine (C=N–C) groups is 1. The number of nitrogens with one attached hydrogen (secondary N) is 2. The number of aryl methyl sites for hydroxylation is 1. The van der Waals surface area contributed by atoms with Gasteiger partial charge in [0.2, 0.25) is 0 Å². The molecule has 2 heterocycles. The van der Waals surface area contributed by atoms with Crippen LogP contribution in [0.5, 0.6) is 0 Å². The van der Waals surface area contributed by atoms with Crippen LogP contribution in [-0.4, -0.2) is 28.6 Å². The molecule has 27 heavy (non-hydrogen) atoms. The van der Waals surface area contributed by atoms with Crippen molar-refractivity contribution in [3.05, 3.63) is 52.9 Å². The van der Waals surface area contributed by atoms with Crippen LogP contribution in [0.15, 0.2) is 40.9 Å². The lowest BCUT2D eigenvalue weighted by Crippen LogP contribution is -2.39. The fourth-order valence-electron chi connectivity index (χ4n) is 4.35. The number of rotatable bonds is 4. The molecule has 3 aliphatic rings. The summed E-state index contributed by atoms with van der Waals surface area (Å²) in [5.74, 6) is 1.48. The van der Waals surface area contributed by atoms with E-state index in [9.17, 15) is 0 Å². The van der Waals surface area contributed by atoms with E-state index in [1.807, 2.05) is 0 Å². The number of H-pyrrole nitrogens is 1. The highest BCUT2D eigenvalue weighted by atomic mass is 15.2. The van der Waals surface area contributed by atoms with Crippen LogP contribution in [0.3, 0.4) is 0 Å². The molecule has 1 aromatic heterocycles. The van der Waals surface area contributed by atoms with E-state index in [0.29, 0.717) is 12.0 Å². The quantitative estimate of drug-likeness (QED) is 0.793. The summed E-state index contributed by atoms with van der Waals surface area (Å²) in [5.41, 5.74) is 5.07. The van der Waals surface area contributed by atoms with Gasteiger partial charge in [0.05, 0.1) is 11.3 Å². The zero-order chi connectivity index (χ0) is 18.5. The molecule has 1 saturated carbocycles. The Kier molecular flexibility index (Phi) is 5.90. The second-order valence-electron chi connectivity index (χ2n) is 8.18. The monoisotopic (exact) mass is 364 g/mol. The molecule has 1 atom stereocenters. The lowest BCUT2D eigenvalue weighted by molar-refractivity contribution is 0.412. The Morgan fingerprint density at radius 1 is 1.11 bits per heavy atom. The highest BCUT2D eigenvalue weighted by molar-refractivity contribution is 6.02. The molecule has 0 saturated heterocycles. The predicted octanol–water partition coefficient (Wildman–Crippen LogP) is 4.96. The van der Waals surface area contributed by atoms with Crippen molar-refractivity contribution in [1.29, 1.82) is 0 Å². The first-order chi connectivity index (χ1) is 13.3. The van der Waals surface area contributed by atoms with E-state index in [2.05, 4.69) is 52.8 Å². The van der Waals surface area contributed by atoms with Crippen LogP contribution in [0.4, 0.5) is 0 Å². The molecule has 0 aromatic carbocycles. The van der Waals surface area contributed by atoms with Crippen molar-refractivity contribution in [1.82, 2.24) is 15.5 Å². The number of aromatic nitrogens is 2. The fourth-order valence-corrected chi connectivity index (χ4v) is 4.35. The smallest absolute Gasteiger partial charge is 0.132 e. The Hall–Kier alpha value is -2.10. The van der Waals surface area contributed by atoms with Crippen LogP contribution in [0.1, 0.15) is 81.2 Å². The van der Waals surface area contributed by atoms with E-state index in [4.69, 9.17) is 4.99 Å². The fraction of sp³-hybridized carbons (Fsp3) is 0.565. The summed E-state index contributed by atoms with van der Waals surface area (Å²) in [4.78, 5) is 4.91. The van der Waals surface area contributed by atoms with Crippen molar-refractivity contribution in [3.63, 3.8) is 0 Å². The maximum absolute atomic E-state index is 4.91. The van der Waals surface area contributed by atoms with Crippen LogP contribution in [0, 0.1) is 0 Å². The van der Waals surface area contributed by atoms with Gasteiger partial charge >= 0.3 is 0 Å². The van der Waals surface area contributed by atoms with Gasteiger partial charge in [-0.3, -0.25) is 10.1 Å². The highest BCUT2D eigenvalue weighted by Crippen LogP contribution is 2.28. The molecule has 1 unspecified atom stereocenters. The number of hydrogen-bond acceptors (Lipinski definition) is 3. The van der Waals surface area contributed by atoms with Gasteiger partial charge in [-0.05, 0) is 44.1 Å². The Morgan fingerprint density at radius 2 is 1.96 bits per heavy atom. The van der Waals surface area contributed by atoms with E-state index in [0.717, 1.165) is 38.1 Å². The molecule has 0 radical (unpaired) electrons. The Balaban J connectivity index is 1.50. The molecule has 0 bridgehead atoms. The molecule has 1 aliphatic heterocycles. The van der Waals surface area contributed by atoms with E-state index in [-0.39, 0.29) is 0 Å². The molecule has 1 aromatic rings. The third kappa shape index (κ3) is 4.42. The first-order valence-corrected chi connectivity index (χ1v) is 10.7. The summed E-state index contributed by atoms with van der Waals surface area (Å²) in [6.45, 7) is 3.07. The SMILES string of the molecule is CC1CN=C(NC2CCCCC2)c2c1n[nH]c2CC/C1=C/C=CCCC=C1. The summed E-state index contributed by atoms with van der Waals surface area (Å²) < 4.78 is 0. The second kappa shape index (κ2) is 8.73. The van der Waals surface area contributed by atoms with Crippen molar-refractivity contribution in [3.8, 4) is 0 Å². The maximum Gasteiger partial charge on any atom is 0.132 e. The van der Waals surface area contributed by atoms with Gasteiger partial charge in [0.25, 0.3) is 0 Å². The predicted molar refractivity (Wildman–Crippen MR) is 112 cm³/mol. The molecular formula is C23H32N4. The number of aromatic amines is 1. The maximum atomic E-state index is 4.91. The average Bonchev–Trinajstić information content (AvgIpc) is 3.09. The van der Waals surface area contributed by atoms with Gasteiger partial charge in [-0.1, -0.05) is 56.6 Å². The molecule has 2 N–H and O–H groups in total. The summed E-state index contributed by atoms with van der Waals surface area (Å²) >= 11 is 0. The summed E-state index contributed by atoms with van der Waals surface area (Å²) in [5, 5.41) is 11.8. The molecule has 144 valence electrons. The van der Waals surface area contributed by atoms with E-state index in [1.165, 1.54) is 54.6 Å². The molecule has 2 aliphatic carbocycles. The second-order valence-corrected chi connectivity index (χ2v) is 8.18. The van der Waals surface area contributed by atoms with E-state index in [1.54, 1.807) is 0 Å². The van der Waals surface area contributed by atoms with E-state index >= 15 is 0 Å². The van der Waals surface area contributed by atoms with Gasteiger partial charge in [-0.15, -0.1) is 0 Å². The van der Waals surface area contributed by atoms with E-state index < -0.39 is 0 Å². The molecule has 4 rings (SSSR count). The first kappa shape index (κ1) is 18.3. The lowest BCUT2D eigenvalue weighted by Gasteiger charge is -2.27. The van der Waals surface area contributed by atoms with Gasteiger partial charge in [0.1, 0.15) is 5.84 Å². The van der Waals surface area contributed by atoms with Crippen LogP contribution in [0.2, 0.25) is 0 Å². The van der Waals surface area contributed by atoms with Crippen LogP contribution >= 0.6 is 0 Å². The first-order valence-electron chi connectivity index (χ1n) is 10.7. The number of fused-ring (bicyclic) bond motifs is 1. The van der Waals surface area contributed by atoms with Gasteiger partial charge in [-0.25, -0.2) is 0 Å². The standard InChI is InChI=1S/C23H32N4/c1-17-16-24-23(25-19-12-8-5-9-13-19)21-20(26-27-22(17)21)15-14-18-10-6-3-2-4-7-11-18/h3,6-7,10-11,17,19H,2,4-5,8-9,12-16H2,1H3,(H,24,25)(H,26,27)/b6-3?,11-7?,18-10+. The van der Waals surface area contributed by atoms with Gasteiger partial charge in [-0.2, -0.15) is 5.10 Å². The van der Waals surface area contributed by atoms with Crippen molar-refractivity contribution in [2.45, 2.75) is 76.7 Å². The van der Waals surface area contributed by atoms with Crippen molar-refractivity contribution in [2.24, 2.45) is 4.99 Å². The third-order valence-electron chi connectivity index (χ3n) is 5.98. The van der Waals surface area contributed by atoms with Gasteiger partial charge in [0, 0.05) is 24.2 Å². The van der Waals surface area contributed by atoms with Crippen LogP contribution < -0.4 is 5.32 Å². The van der Waals surface area contributed by atoms with Gasteiger partial charge in [0.15, 0.2) is 0 Å². The lowest BCUT2D eigenvalue weighted by atomic mass is 9.93. The van der Waals surface area contributed by atoms with Gasteiger partial charge < -0.3 is 5.32 Å². The zero-order valence-corrected chi connectivity index (χ0v) is 16.5. The molecule has 0 spiro atoms. The van der Waals surface area contributed by atoms with Crippen LogP contribution in [0.25, 0.3) is 0 Å². The number of nitrogens with zero attached hydrogens (tertiary/aromatic N) is 2. The minimum atomic E-state index is 0.394. The minimum absolute atomic E-state index is 0.394. The average molecular weight is 365 g/mol. The van der Waals surface area contributed by atoms with Crippen LogP contribution in [-0.2, 0) is 6.42 Å². The van der Waals surface area contributed by atoms with Crippen molar-refractivity contribution >= 4 is 5.84 Å². The number of hydrogen-bond donors (Lipinski definition) is 2. The Morgan fingerprint density at radius 3 is 2.85 bits per heavy atom. The Bertz CT molecular complexity index is 759. The topological polar surface area (TPSA) is 53.1 Å². The minimum Gasteiger partial charge on any atom is -0.367 e. The van der Waals surface area contributed by atoms with Crippen molar-refractivity contribution in [2.75, 3.05) is 6.54 Å². The normalized spacial score (nSPS) is 25.1. The van der Waals surface area contributed by atoms with Crippen molar-refractivity contribution < 1.29 is 0 Å². The summed E-state index contributed by atoms with van der Waals surface area (Å²) in [6.07, 6.45) is 22.1. The summed E-state index contributed by atoms with van der Waals surface area (Å²) in [6, 6.07) is 0.572. The molecule has 0 amide bonds. The third-order valence-corrected chi connectivity index (χ3v) is 5.98. The highest BCUT2D eigenvalue weighted by Gasteiger charge is 2.28. The molecule has 1 fully saturated rings. The number of allylic oxidation sites excluding steroid dienone is 6. The number of amidine groups is 1. The summed E-state index contributed by atoms with van der Waals surface area (Å²) in [7, 11) is 0.